The predicted octanol–water partition coefficient (Wildman–Crippen LogP) is 4.90. The van der Waals surface area contributed by atoms with Crippen molar-refractivity contribution in [1.29, 1.82) is 0 Å². The van der Waals surface area contributed by atoms with Gasteiger partial charge in [0.05, 0.1) is 11.4 Å². The molecule has 1 saturated heterocycles. The molecule has 0 bridgehead atoms. The van der Waals surface area contributed by atoms with Crippen molar-refractivity contribution in [1.82, 2.24) is 14.7 Å². The van der Waals surface area contributed by atoms with Crippen LogP contribution in [0, 0.1) is 6.92 Å². The van der Waals surface area contributed by atoms with Crippen LogP contribution in [0.4, 0.5) is 13.6 Å². The molecule has 0 unspecified atom stereocenters. The van der Waals surface area contributed by atoms with E-state index < -0.39 is 12.2 Å². The van der Waals surface area contributed by atoms with Crippen LogP contribution < -0.4 is 4.74 Å². The number of ether oxygens (including phenoxy) is 2. The number of carbonyl (C=O) groups excluding carboxylic acids is 1. The van der Waals surface area contributed by atoms with E-state index in [1.54, 1.807) is 21.7 Å². The van der Waals surface area contributed by atoms with Gasteiger partial charge >= 0.3 is 12.7 Å². The van der Waals surface area contributed by atoms with Crippen LogP contribution in [0.25, 0.3) is 5.69 Å². The molecule has 1 aromatic carbocycles. The third-order valence-electron chi connectivity index (χ3n) is 4.78. The summed E-state index contributed by atoms with van der Waals surface area (Å²) in [6.45, 7) is 5.95. The number of alkyl halides is 2. The average molecular weight is 407 g/mol. The number of nitrogens with zero attached hydrogens (tertiary/aromatic N) is 3. The summed E-state index contributed by atoms with van der Waals surface area (Å²) in [5.41, 5.74) is 2.21. The highest BCUT2D eigenvalue weighted by molar-refractivity contribution is 5.68. The molecular formula is C21H27F2N3O3. The fourth-order valence-corrected chi connectivity index (χ4v) is 3.41. The molecule has 158 valence electrons. The molecule has 3 rings (SSSR count). The van der Waals surface area contributed by atoms with Crippen LogP contribution in [0.3, 0.4) is 0 Å². The molecule has 2 heterocycles. The summed E-state index contributed by atoms with van der Waals surface area (Å²) in [7, 11) is 0. The van der Waals surface area contributed by atoms with Crippen LogP contribution in [-0.2, 0) is 4.74 Å². The minimum Gasteiger partial charge on any atom is -0.444 e. The first-order valence-electron chi connectivity index (χ1n) is 9.72. The standard InChI is InChI=1S/C21H27F2N3O3/c1-14-13-18(15-9-11-25(12-10-15)20(27)29-21(2,3)4)24-26(14)16-5-7-17(8-6-16)28-19(22)23/h5-8,13,15,19H,9-12H2,1-4H3. The lowest BCUT2D eigenvalue weighted by Crippen LogP contribution is -2.41. The number of aromatic nitrogens is 2. The maximum absolute atomic E-state index is 12.3. The molecule has 1 aliphatic rings. The third-order valence-corrected chi connectivity index (χ3v) is 4.78. The summed E-state index contributed by atoms with van der Waals surface area (Å²) in [5.74, 6) is 0.373. The smallest absolute Gasteiger partial charge is 0.410 e. The van der Waals surface area contributed by atoms with Crippen LogP contribution >= 0.6 is 0 Å². The van der Waals surface area contributed by atoms with Crippen molar-refractivity contribution in [2.24, 2.45) is 0 Å². The van der Waals surface area contributed by atoms with Gasteiger partial charge in [-0.15, -0.1) is 0 Å². The summed E-state index contributed by atoms with van der Waals surface area (Å²) >= 11 is 0. The van der Waals surface area contributed by atoms with Crippen molar-refractivity contribution in [2.75, 3.05) is 13.1 Å². The van der Waals surface area contributed by atoms with E-state index in [2.05, 4.69) is 4.74 Å². The Labute approximate surface area is 169 Å². The maximum Gasteiger partial charge on any atom is 0.410 e. The molecule has 1 aliphatic heterocycles. The second kappa shape index (κ2) is 8.39. The van der Waals surface area contributed by atoms with Gasteiger partial charge in [-0.3, -0.25) is 0 Å². The van der Waals surface area contributed by atoms with Gasteiger partial charge in [0, 0.05) is 24.7 Å². The number of benzene rings is 1. The number of halogens is 2. The Morgan fingerprint density at radius 3 is 2.34 bits per heavy atom. The molecule has 8 heteroatoms. The predicted molar refractivity (Wildman–Crippen MR) is 105 cm³/mol. The first-order valence-corrected chi connectivity index (χ1v) is 9.72. The highest BCUT2D eigenvalue weighted by Crippen LogP contribution is 2.29. The van der Waals surface area contributed by atoms with Crippen LogP contribution in [-0.4, -0.2) is 46.1 Å². The number of piperidine rings is 1. The lowest BCUT2D eigenvalue weighted by atomic mass is 9.94. The van der Waals surface area contributed by atoms with E-state index in [-0.39, 0.29) is 17.8 Å². The number of likely N-dealkylation sites (tertiary alicyclic amines) is 1. The molecule has 0 saturated carbocycles. The van der Waals surface area contributed by atoms with E-state index in [1.807, 2.05) is 33.8 Å². The number of rotatable bonds is 4. The summed E-state index contributed by atoms with van der Waals surface area (Å²) in [5, 5.41) is 4.72. The molecule has 6 nitrogen and oxygen atoms in total. The van der Waals surface area contributed by atoms with E-state index in [9.17, 15) is 13.6 Å². The minimum absolute atomic E-state index is 0.114. The van der Waals surface area contributed by atoms with E-state index in [0.717, 1.165) is 29.9 Å². The fourth-order valence-electron chi connectivity index (χ4n) is 3.41. The summed E-state index contributed by atoms with van der Waals surface area (Å²) < 4.78 is 36.2. The molecule has 2 aromatic rings. The number of carbonyl (C=O) groups is 1. The van der Waals surface area contributed by atoms with Crippen molar-refractivity contribution < 1.29 is 23.0 Å². The lowest BCUT2D eigenvalue weighted by Gasteiger charge is -2.32. The zero-order valence-electron chi connectivity index (χ0n) is 17.2. The van der Waals surface area contributed by atoms with Crippen LogP contribution in [0.1, 0.15) is 50.9 Å². The van der Waals surface area contributed by atoms with E-state index in [1.165, 1.54) is 12.1 Å². The Bertz CT molecular complexity index is 836. The molecular weight excluding hydrogens is 380 g/mol. The molecule has 0 spiro atoms. The Morgan fingerprint density at radius 2 is 1.79 bits per heavy atom. The summed E-state index contributed by atoms with van der Waals surface area (Å²) in [6, 6.07) is 8.44. The van der Waals surface area contributed by atoms with Gasteiger partial charge in [-0.05, 0) is 70.9 Å². The largest absolute Gasteiger partial charge is 0.444 e. The Kier molecular flexibility index (Phi) is 6.10. The topological polar surface area (TPSA) is 56.6 Å². The van der Waals surface area contributed by atoms with E-state index in [4.69, 9.17) is 9.84 Å². The summed E-state index contributed by atoms with van der Waals surface area (Å²) in [4.78, 5) is 14.0. The van der Waals surface area contributed by atoms with E-state index in [0.29, 0.717) is 13.1 Å². The number of hydrogen-bond donors (Lipinski definition) is 0. The lowest BCUT2D eigenvalue weighted by molar-refractivity contribution is -0.0498. The van der Waals surface area contributed by atoms with Crippen molar-refractivity contribution >= 4 is 6.09 Å². The van der Waals surface area contributed by atoms with Gasteiger partial charge in [-0.1, -0.05) is 0 Å². The molecule has 1 aromatic heterocycles. The quantitative estimate of drug-likeness (QED) is 0.724. The minimum atomic E-state index is -2.84. The molecule has 0 radical (unpaired) electrons. The molecule has 0 aliphatic carbocycles. The van der Waals surface area contributed by atoms with Crippen LogP contribution in [0.5, 0.6) is 5.75 Å². The second-order valence-corrected chi connectivity index (χ2v) is 8.24. The Morgan fingerprint density at radius 1 is 1.17 bits per heavy atom. The van der Waals surface area contributed by atoms with E-state index >= 15 is 0 Å². The zero-order valence-corrected chi connectivity index (χ0v) is 17.2. The van der Waals surface area contributed by atoms with Gasteiger partial charge in [-0.2, -0.15) is 13.9 Å². The van der Waals surface area contributed by atoms with Gasteiger partial charge in [0.15, 0.2) is 0 Å². The molecule has 0 N–H and O–H groups in total. The first kappa shape index (κ1) is 21.1. The molecule has 0 atom stereocenters. The number of hydrogen-bond acceptors (Lipinski definition) is 4. The normalized spacial score (nSPS) is 15.6. The molecule has 1 amide bonds. The van der Waals surface area contributed by atoms with Gasteiger partial charge in [0.1, 0.15) is 11.4 Å². The molecule has 29 heavy (non-hydrogen) atoms. The maximum atomic E-state index is 12.3. The SMILES string of the molecule is Cc1cc(C2CCN(C(=O)OC(C)(C)C)CC2)nn1-c1ccc(OC(F)F)cc1. The Hall–Kier alpha value is -2.64. The number of amides is 1. The van der Waals surface area contributed by atoms with Crippen LogP contribution in [0.15, 0.2) is 30.3 Å². The van der Waals surface area contributed by atoms with Gasteiger partial charge in [0.25, 0.3) is 0 Å². The first-order chi connectivity index (χ1) is 13.6. The van der Waals surface area contributed by atoms with Crippen molar-refractivity contribution in [3.63, 3.8) is 0 Å². The van der Waals surface area contributed by atoms with Crippen molar-refractivity contribution in [3.8, 4) is 11.4 Å². The van der Waals surface area contributed by atoms with Crippen molar-refractivity contribution in [3.05, 3.63) is 41.7 Å². The highest BCUT2D eigenvalue weighted by Gasteiger charge is 2.28. The fraction of sp³-hybridized carbons (Fsp3) is 0.524. The number of aryl methyl sites for hydroxylation is 1. The molecule has 1 fully saturated rings. The summed E-state index contributed by atoms with van der Waals surface area (Å²) in [6.07, 6.45) is 1.36. The second-order valence-electron chi connectivity index (χ2n) is 8.24. The van der Waals surface area contributed by atoms with Gasteiger partial charge in [-0.25, -0.2) is 9.48 Å². The average Bonchev–Trinajstić information content (AvgIpc) is 3.02. The monoisotopic (exact) mass is 407 g/mol. The van der Waals surface area contributed by atoms with Crippen LogP contribution in [0.2, 0.25) is 0 Å². The zero-order chi connectivity index (χ0) is 21.2. The highest BCUT2D eigenvalue weighted by atomic mass is 19.3. The Balaban J connectivity index is 1.64. The van der Waals surface area contributed by atoms with Gasteiger partial charge in [0.2, 0.25) is 0 Å². The van der Waals surface area contributed by atoms with Crippen molar-refractivity contribution in [2.45, 2.75) is 58.7 Å². The third kappa shape index (κ3) is 5.46. The van der Waals surface area contributed by atoms with Gasteiger partial charge < -0.3 is 14.4 Å².